The van der Waals surface area contributed by atoms with Crippen LogP contribution in [0.2, 0.25) is 0 Å². The van der Waals surface area contributed by atoms with Gasteiger partial charge in [0.05, 0.1) is 5.69 Å². The van der Waals surface area contributed by atoms with Crippen molar-refractivity contribution in [2.75, 3.05) is 5.73 Å². The lowest BCUT2D eigenvalue weighted by Gasteiger charge is -2.12. The molecule has 0 atom stereocenters. The smallest absolute Gasteiger partial charge is 0.396 e. The Bertz CT molecular complexity index is 538. The first-order valence-electron chi connectivity index (χ1n) is 4.11. The second-order valence-corrected chi connectivity index (χ2v) is 4.66. The lowest BCUT2D eigenvalue weighted by molar-refractivity contribution is -0.0500. The molecule has 0 amide bonds. The van der Waals surface area contributed by atoms with Gasteiger partial charge in [-0.3, -0.25) is 0 Å². The summed E-state index contributed by atoms with van der Waals surface area (Å²) in [5, 5.41) is 0. The van der Waals surface area contributed by atoms with Crippen molar-refractivity contribution in [2.24, 2.45) is 0 Å². The van der Waals surface area contributed by atoms with Crippen molar-refractivity contribution in [1.82, 2.24) is 0 Å². The number of rotatable bonds is 2. The van der Waals surface area contributed by atoms with E-state index in [1.807, 2.05) is 0 Å². The lowest BCUT2D eigenvalue weighted by Crippen LogP contribution is -2.28. The first-order valence-corrected chi connectivity index (χ1v) is 5.52. The predicted octanol–water partition coefficient (Wildman–Crippen LogP) is 1.94. The average molecular weight is 273 g/mol. The van der Waals surface area contributed by atoms with Crippen LogP contribution in [0.4, 0.5) is 23.2 Å². The molecule has 0 saturated carbocycles. The number of nitrogens with two attached hydrogens (primary N) is 1. The van der Waals surface area contributed by atoms with Gasteiger partial charge in [0.2, 0.25) is 0 Å². The third-order valence-electron chi connectivity index (χ3n) is 1.78. The summed E-state index contributed by atoms with van der Waals surface area (Å²) in [5.41, 5.74) is -1.10. The number of alkyl halides is 3. The number of aryl methyl sites for hydroxylation is 1. The summed E-state index contributed by atoms with van der Waals surface area (Å²) in [7, 11) is -5.78. The first kappa shape index (κ1) is 13.6. The minimum absolute atomic E-state index is 0.121. The van der Waals surface area contributed by atoms with E-state index in [2.05, 4.69) is 4.18 Å². The van der Waals surface area contributed by atoms with Gasteiger partial charge < -0.3 is 9.92 Å². The van der Waals surface area contributed by atoms with Gasteiger partial charge in [0.25, 0.3) is 0 Å². The SMILES string of the molecule is Cc1cc(F)c(N)cc1OS(=O)(=O)C(F)(F)F. The highest BCUT2D eigenvalue weighted by molar-refractivity contribution is 7.88. The van der Waals surface area contributed by atoms with Gasteiger partial charge in [0.15, 0.2) is 0 Å². The molecule has 2 N–H and O–H groups in total. The zero-order valence-corrected chi connectivity index (χ0v) is 9.19. The summed E-state index contributed by atoms with van der Waals surface area (Å²) in [5.74, 6) is -1.54. The highest BCUT2D eigenvalue weighted by atomic mass is 32.2. The Kier molecular flexibility index (Phi) is 3.24. The average Bonchev–Trinajstić information content (AvgIpc) is 2.12. The maximum absolute atomic E-state index is 12.9. The fourth-order valence-corrected chi connectivity index (χ4v) is 1.43. The van der Waals surface area contributed by atoms with Gasteiger partial charge in [-0.1, -0.05) is 0 Å². The van der Waals surface area contributed by atoms with Crippen LogP contribution < -0.4 is 9.92 Å². The molecule has 0 aromatic heterocycles. The van der Waals surface area contributed by atoms with Crippen LogP contribution in [0, 0.1) is 12.7 Å². The molecule has 0 radical (unpaired) electrons. The van der Waals surface area contributed by atoms with E-state index in [1.54, 1.807) is 0 Å². The summed E-state index contributed by atoms with van der Waals surface area (Å²) < 4.78 is 74.1. The largest absolute Gasteiger partial charge is 0.534 e. The van der Waals surface area contributed by atoms with Gasteiger partial charge in [0.1, 0.15) is 11.6 Å². The normalized spacial score (nSPS) is 12.5. The van der Waals surface area contributed by atoms with Crippen LogP contribution in [-0.2, 0) is 10.1 Å². The molecule has 1 aromatic rings. The van der Waals surface area contributed by atoms with Crippen LogP contribution in [-0.4, -0.2) is 13.9 Å². The summed E-state index contributed by atoms with van der Waals surface area (Å²) in [6.07, 6.45) is 0. The van der Waals surface area contributed by atoms with Crippen LogP contribution in [0.3, 0.4) is 0 Å². The van der Waals surface area contributed by atoms with Crippen molar-refractivity contribution in [3.63, 3.8) is 0 Å². The van der Waals surface area contributed by atoms with Gasteiger partial charge in [-0.25, -0.2) is 4.39 Å². The molecule has 0 bridgehead atoms. The molecule has 0 aliphatic rings. The van der Waals surface area contributed by atoms with E-state index in [-0.39, 0.29) is 5.56 Å². The van der Waals surface area contributed by atoms with Crippen molar-refractivity contribution >= 4 is 15.8 Å². The summed E-state index contributed by atoms with van der Waals surface area (Å²) in [4.78, 5) is 0. The molecule has 9 heteroatoms. The Hall–Kier alpha value is -1.51. The number of hydrogen-bond donors (Lipinski definition) is 1. The third kappa shape index (κ3) is 2.78. The fraction of sp³-hybridized carbons (Fsp3) is 0.250. The summed E-state index contributed by atoms with van der Waals surface area (Å²) in [6, 6.07) is 1.45. The fourth-order valence-electron chi connectivity index (χ4n) is 0.924. The molecule has 0 unspecified atom stereocenters. The van der Waals surface area contributed by atoms with Crippen LogP contribution in [0.5, 0.6) is 5.75 Å². The predicted molar refractivity (Wildman–Crippen MR) is 51.2 cm³/mol. The van der Waals surface area contributed by atoms with Gasteiger partial charge in [-0.15, -0.1) is 0 Å². The summed E-state index contributed by atoms with van der Waals surface area (Å²) in [6.45, 7) is 1.18. The number of benzene rings is 1. The molecule has 0 spiro atoms. The van der Waals surface area contributed by atoms with Gasteiger partial charge in [-0.05, 0) is 18.6 Å². The van der Waals surface area contributed by atoms with E-state index in [1.165, 1.54) is 6.92 Å². The molecule has 0 fully saturated rings. The number of anilines is 1. The second kappa shape index (κ2) is 4.06. The van der Waals surface area contributed by atoms with Crippen LogP contribution in [0.25, 0.3) is 0 Å². The van der Waals surface area contributed by atoms with Crippen molar-refractivity contribution in [2.45, 2.75) is 12.4 Å². The van der Waals surface area contributed by atoms with Crippen LogP contribution >= 0.6 is 0 Å². The topological polar surface area (TPSA) is 69.4 Å². The van der Waals surface area contributed by atoms with Gasteiger partial charge in [0, 0.05) is 6.07 Å². The molecular weight excluding hydrogens is 266 g/mol. The molecule has 96 valence electrons. The molecule has 1 rings (SSSR count). The monoisotopic (exact) mass is 273 g/mol. The number of halogens is 4. The van der Waals surface area contributed by atoms with E-state index >= 15 is 0 Å². The Labute approximate surface area is 94.1 Å². The zero-order valence-electron chi connectivity index (χ0n) is 8.38. The van der Waals surface area contributed by atoms with Gasteiger partial charge >= 0.3 is 15.6 Å². The Morgan fingerprint density at radius 2 is 1.82 bits per heavy atom. The van der Waals surface area contributed by atoms with E-state index in [0.717, 1.165) is 6.07 Å². The van der Waals surface area contributed by atoms with Crippen molar-refractivity contribution in [3.8, 4) is 5.75 Å². The van der Waals surface area contributed by atoms with Crippen LogP contribution in [0.1, 0.15) is 5.56 Å². The molecule has 1 aromatic carbocycles. The van der Waals surface area contributed by atoms with Crippen molar-refractivity contribution in [1.29, 1.82) is 0 Å². The van der Waals surface area contributed by atoms with E-state index in [4.69, 9.17) is 5.73 Å². The third-order valence-corrected chi connectivity index (χ3v) is 2.74. The minimum Gasteiger partial charge on any atom is -0.396 e. The molecule has 0 aliphatic carbocycles. The van der Waals surface area contributed by atoms with E-state index in [0.29, 0.717) is 6.07 Å². The minimum atomic E-state index is -5.78. The van der Waals surface area contributed by atoms with Crippen molar-refractivity contribution < 1.29 is 30.2 Å². The van der Waals surface area contributed by atoms with Crippen molar-refractivity contribution in [3.05, 3.63) is 23.5 Å². The van der Waals surface area contributed by atoms with Crippen LogP contribution in [0.15, 0.2) is 12.1 Å². The van der Waals surface area contributed by atoms with E-state index in [9.17, 15) is 26.0 Å². The maximum atomic E-state index is 12.9. The number of hydrogen-bond acceptors (Lipinski definition) is 4. The molecule has 0 aliphatic heterocycles. The standard InChI is InChI=1S/C8H7F4NO3S/c1-4-2-5(9)6(13)3-7(4)16-17(14,15)8(10,11)12/h2-3H,13H2,1H3. The van der Waals surface area contributed by atoms with Gasteiger partial charge in [-0.2, -0.15) is 21.6 Å². The maximum Gasteiger partial charge on any atom is 0.534 e. The molecular formula is C8H7F4NO3S. The molecule has 0 heterocycles. The summed E-state index contributed by atoms with van der Waals surface area (Å²) >= 11 is 0. The molecule has 17 heavy (non-hydrogen) atoms. The first-order chi connectivity index (χ1) is 7.54. The lowest BCUT2D eigenvalue weighted by atomic mass is 10.2. The Morgan fingerprint density at radius 1 is 1.29 bits per heavy atom. The molecule has 4 nitrogen and oxygen atoms in total. The molecule has 0 saturated heterocycles. The highest BCUT2D eigenvalue weighted by Gasteiger charge is 2.48. The Balaban J connectivity index is 3.18. The van der Waals surface area contributed by atoms with E-state index < -0.39 is 32.9 Å². The second-order valence-electron chi connectivity index (χ2n) is 3.12. The zero-order chi connectivity index (χ0) is 13.4. The number of nitrogen functional groups attached to an aromatic ring is 1. The Morgan fingerprint density at radius 3 is 2.29 bits per heavy atom. The highest BCUT2D eigenvalue weighted by Crippen LogP contribution is 2.30. The quantitative estimate of drug-likeness (QED) is 0.387.